The molecule has 6 nitrogen and oxygen atoms in total. The Bertz CT molecular complexity index is 1310. The summed E-state index contributed by atoms with van der Waals surface area (Å²) in [6.45, 7) is 4.04. The Morgan fingerprint density at radius 3 is 2.74 bits per heavy atom. The monoisotopic (exact) mass is 468 g/mol. The largest absolute Gasteiger partial charge is 0.496 e. The van der Waals surface area contributed by atoms with Crippen LogP contribution in [0.1, 0.15) is 41.8 Å². The molecule has 0 bridgehead atoms. The molecule has 0 spiro atoms. The number of methoxy groups -OCH3 is 1. The molecular weight excluding hydrogens is 436 g/mol. The molecular formula is C29H32N4O2. The molecule has 2 aromatic carbocycles. The highest BCUT2D eigenvalue weighted by Gasteiger charge is 2.10. The lowest BCUT2D eigenvalue weighted by molar-refractivity contribution is 0.183. The van der Waals surface area contributed by atoms with E-state index in [9.17, 15) is 0 Å². The van der Waals surface area contributed by atoms with Crippen LogP contribution in [0, 0.1) is 0 Å². The van der Waals surface area contributed by atoms with Gasteiger partial charge < -0.3 is 14.5 Å². The van der Waals surface area contributed by atoms with Crippen molar-refractivity contribution in [2.45, 2.75) is 19.3 Å². The van der Waals surface area contributed by atoms with Crippen molar-refractivity contribution in [1.82, 2.24) is 20.1 Å². The Hall–Kier alpha value is -3.77. The van der Waals surface area contributed by atoms with Gasteiger partial charge in [-0.05, 0) is 85.4 Å². The normalized spacial score (nSPS) is 14.9. The summed E-state index contributed by atoms with van der Waals surface area (Å²) >= 11 is 0. The van der Waals surface area contributed by atoms with Gasteiger partial charge in [0.15, 0.2) is 0 Å². The number of ether oxygens (including phenoxy) is 2. The molecule has 1 aliphatic heterocycles. The molecule has 35 heavy (non-hydrogen) atoms. The first-order valence-electron chi connectivity index (χ1n) is 12.3. The van der Waals surface area contributed by atoms with Gasteiger partial charge in [0.1, 0.15) is 18.1 Å². The minimum absolute atomic E-state index is 0.696. The summed E-state index contributed by atoms with van der Waals surface area (Å²) in [6, 6.07) is 16.4. The number of fused-ring (bicyclic) bond motifs is 1. The first-order chi connectivity index (χ1) is 17.3. The van der Waals surface area contributed by atoms with Gasteiger partial charge in [0.25, 0.3) is 0 Å². The van der Waals surface area contributed by atoms with Crippen LogP contribution in [-0.2, 0) is 0 Å². The highest BCUT2D eigenvalue weighted by molar-refractivity contribution is 5.83. The Morgan fingerprint density at radius 1 is 0.943 bits per heavy atom. The van der Waals surface area contributed by atoms with Crippen LogP contribution >= 0.6 is 0 Å². The molecule has 2 N–H and O–H groups in total. The minimum atomic E-state index is 0.696. The van der Waals surface area contributed by atoms with Gasteiger partial charge in [0.2, 0.25) is 0 Å². The topological polar surface area (TPSA) is 66.2 Å². The molecule has 0 unspecified atom stereocenters. The molecule has 5 rings (SSSR count). The Balaban J connectivity index is 1.19. The fraction of sp³-hybridized carbons (Fsp3) is 0.276. The maximum absolute atomic E-state index is 5.98. The van der Waals surface area contributed by atoms with E-state index in [0.29, 0.717) is 6.61 Å². The summed E-state index contributed by atoms with van der Waals surface area (Å²) in [5.41, 5.74) is 5.05. The highest BCUT2D eigenvalue weighted by atomic mass is 16.5. The number of piperidine rings is 1. The molecule has 1 fully saturated rings. The van der Waals surface area contributed by atoms with Crippen molar-refractivity contribution in [3.05, 3.63) is 77.2 Å². The average molecular weight is 469 g/mol. The van der Waals surface area contributed by atoms with E-state index in [1.165, 1.54) is 37.7 Å². The van der Waals surface area contributed by atoms with Crippen LogP contribution in [0.3, 0.4) is 0 Å². The van der Waals surface area contributed by atoms with Gasteiger partial charge in [0, 0.05) is 29.9 Å². The van der Waals surface area contributed by atoms with Crippen molar-refractivity contribution in [2.24, 2.45) is 0 Å². The second kappa shape index (κ2) is 11.1. The number of rotatable bonds is 9. The van der Waals surface area contributed by atoms with Crippen LogP contribution in [-0.4, -0.2) is 53.4 Å². The van der Waals surface area contributed by atoms with E-state index in [-0.39, 0.29) is 0 Å². The van der Waals surface area contributed by atoms with Crippen molar-refractivity contribution in [2.75, 3.05) is 33.4 Å². The summed E-state index contributed by atoms with van der Waals surface area (Å²) in [5, 5.41) is 8.69. The summed E-state index contributed by atoms with van der Waals surface area (Å²) in [5.74, 6) is 1.62. The van der Waals surface area contributed by atoms with Gasteiger partial charge in [-0.2, -0.15) is 5.10 Å². The van der Waals surface area contributed by atoms with Crippen LogP contribution in [0.4, 0.5) is 0 Å². The van der Waals surface area contributed by atoms with Crippen molar-refractivity contribution < 1.29 is 9.47 Å². The highest BCUT2D eigenvalue weighted by Crippen LogP contribution is 2.26. The fourth-order valence-electron chi connectivity index (χ4n) is 4.45. The van der Waals surface area contributed by atoms with E-state index in [1.54, 1.807) is 7.11 Å². The van der Waals surface area contributed by atoms with E-state index in [4.69, 9.17) is 9.47 Å². The van der Waals surface area contributed by atoms with E-state index in [1.807, 2.05) is 48.7 Å². The quantitative estimate of drug-likeness (QED) is 0.311. The van der Waals surface area contributed by atoms with Crippen molar-refractivity contribution in [1.29, 1.82) is 0 Å². The lowest BCUT2D eigenvalue weighted by atomic mass is 10.1. The molecule has 0 radical (unpaired) electrons. The van der Waals surface area contributed by atoms with Crippen LogP contribution < -0.4 is 9.47 Å². The second-order valence-corrected chi connectivity index (χ2v) is 8.89. The molecule has 180 valence electrons. The third-order valence-corrected chi connectivity index (χ3v) is 6.42. The van der Waals surface area contributed by atoms with Crippen molar-refractivity contribution >= 4 is 35.2 Å². The van der Waals surface area contributed by atoms with Crippen LogP contribution in [0.5, 0.6) is 11.5 Å². The van der Waals surface area contributed by atoms with E-state index in [0.717, 1.165) is 46.1 Å². The first-order valence-corrected chi connectivity index (χ1v) is 12.3. The predicted octanol–water partition coefficient (Wildman–Crippen LogP) is 6.11. The maximum atomic E-state index is 5.98. The molecule has 6 heteroatoms. The van der Waals surface area contributed by atoms with Gasteiger partial charge in [-0.3, -0.25) is 10.00 Å². The number of hydrogen-bond donors (Lipinski definition) is 2. The van der Waals surface area contributed by atoms with Gasteiger partial charge in [-0.25, -0.2) is 0 Å². The SMILES string of the molecule is COc1cc(OCCN2CCCCC2)ccc1C=Cc1cc(C=Cc2ccc3cc[nH]c3c2)n[nH]1. The molecule has 1 saturated heterocycles. The fourth-order valence-corrected chi connectivity index (χ4v) is 4.45. The Kier molecular flexibility index (Phi) is 7.29. The van der Waals surface area contributed by atoms with Crippen LogP contribution in [0.25, 0.3) is 35.2 Å². The number of hydrogen-bond acceptors (Lipinski definition) is 4. The third kappa shape index (κ3) is 6.03. The number of H-pyrrole nitrogens is 2. The second-order valence-electron chi connectivity index (χ2n) is 8.89. The first kappa shape index (κ1) is 23.0. The standard InChI is InChI=1S/C29H32N4O2/c1-34-29-21-27(35-18-17-33-15-3-2-4-16-33)12-9-24(29)8-11-26-20-25(31-32-26)10-6-22-5-7-23-13-14-30-28(23)19-22/h5-14,19-21,30H,2-4,15-18H2,1H3,(H,31,32). The van der Waals surface area contributed by atoms with Gasteiger partial charge in [0.05, 0.1) is 18.5 Å². The molecule has 0 amide bonds. The zero-order valence-corrected chi connectivity index (χ0v) is 20.2. The van der Waals surface area contributed by atoms with Crippen LogP contribution in [0.2, 0.25) is 0 Å². The lowest BCUT2D eigenvalue weighted by Crippen LogP contribution is -2.33. The molecule has 2 aromatic heterocycles. The summed E-state index contributed by atoms with van der Waals surface area (Å²) in [7, 11) is 1.69. The minimum Gasteiger partial charge on any atom is -0.496 e. The van der Waals surface area contributed by atoms with Crippen molar-refractivity contribution in [3.8, 4) is 11.5 Å². The van der Waals surface area contributed by atoms with Crippen molar-refractivity contribution in [3.63, 3.8) is 0 Å². The Morgan fingerprint density at radius 2 is 1.86 bits per heavy atom. The number of aromatic amines is 2. The molecule has 0 atom stereocenters. The Labute approximate surface area is 206 Å². The molecule has 0 aliphatic carbocycles. The van der Waals surface area contributed by atoms with Gasteiger partial charge >= 0.3 is 0 Å². The molecule has 1 aliphatic rings. The summed E-state index contributed by atoms with van der Waals surface area (Å²) in [6.07, 6.45) is 14.0. The van der Waals surface area contributed by atoms with E-state index in [2.05, 4.69) is 50.4 Å². The third-order valence-electron chi connectivity index (χ3n) is 6.42. The number of nitrogens with zero attached hydrogens (tertiary/aromatic N) is 2. The van der Waals surface area contributed by atoms with Gasteiger partial charge in [-0.1, -0.05) is 24.6 Å². The zero-order chi connectivity index (χ0) is 23.9. The summed E-state index contributed by atoms with van der Waals surface area (Å²) < 4.78 is 11.6. The van der Waals surface area contributed by atoms with Gasteiger partial charge in [-0.15, -0.1) is 0 Å². The van der Waals surface area contributed by atoms with E-state index >= 15 is 0 Å². The molecule has 3 heterocycles. The maximum Gasteiger partial charge on any atom is 0.129 e. The van der Waals surface area contributed by atoms with Crippen LogP contribution in [0.15, 0.2) is 54.7 Å². The van der Waals surface area contributed by atoms with E-state index < -0.39 is 0 Å². The number of likely N-dealkylation sites (tertiary alicyclic amines) is 1. The molecule has 4 aromatic rings. The number of nitrogens with one attached hydrogen (secondary N) is 2. The number of aromatic nitrogens is 3. The zero-order valence-electron chi connectivity index (χ0n) is 20.2. The average Bonchev–Trinajstić information content (AvgIpc) is 3.56. The number of benzene rings is 2. The summed E-state index contributed by atoms with van der Waals surface area (Å²) in [4.78, 5) is 5.72. The molecule has 0 saturated carbocycles. The predicted molar refractivity (Wildman–Crippen MR) is 144 cm³/mol. The lowest BCUT2D eigenvalue weighted by Gasteiger charge is -2.26. The smallest absolute Gasteiger partial charge is 0.129 e.